The van der Waals surface area contributed by atoms with Crippen molar-refractivity contribution in [1.29, 1.82) is 0 Å². The van der Waals surface area contributed by atoms with Gasteiger partial charge >= 0.3 is 0 Å². The van der Waals surface area contributed by atoms with Crippen LogP contribution in [0, 0.1) is 0 Å². The molecule has 0 aliphatic carbocycles. The first-order valence-corrected chi connectivity index (χ1v) is 13.9. The van der Waals surface area contributed by atoms with Crippen LogP contribution < -0.4 is 20.9 Å². The first-order valence-electron chi connectivity index (χ1n) is 13.9. The van der Waals surface area contributed by atoms with E-state index in [1.165, 1.54) is 5.56 Å². The van der Waals surface area contributed by atoms with Crippen LogP contribution in [0.2, 0.25) is 0 Å². The van der Waals surface area contributed by atoms with Crippen molar-refractivity contribution in [3.05, 3.63) is 120 Å². The van der Waals surface area contributed by atoms with Crippen molar-refractivity contribution in [2.24, 2.45) is 10.7 Å². The highest BCUT2D eigenvalue weighted by molar-refractivity contribution is 6.12. The molecular formula is C33H34N6O2. The van der Waals surface area contributed by atoms with E-state index in [-0.39, 0.29) is 24.9 Å². The second kappa shape index (κ2) is 13.5. The summed E-state index contributed by atoms with van der Waals surface area (Å²) in [6.07, 6.45) is 4.19. The van der Waals surface area contributed by atoms with E-state index in [9.17, 15) is 9.59 Å². The number of pyridine rings is 1. The number of carbonyl (C=O) groups excluding carboxylic acids is 2. The Kier molecular flexibility index (Phi) is 9.13. The van der Waals surface area contributed by atoms with Gasteiger partial charge < -0.3 is 16.0 Å². The summed E-state index contributed by atoms with van der Waals surface area (Å²) in [5.74, 6) is 0.0779. The number of aliphatic imine (C=N–C) groups is 1. The predicted molar refractivity (Wildman–Crippen MR) is 164 cm³/mol. The van der Waals surface area contributed by atoms with Crippen molar-refractivity contribution in [2.75, 3.05) is 36.0 Å². The Labute approximate surface area is 240 Å². The number of benzene rings is 3. The Morgan fingerprint density at radius 1 is 0.902 bits per heavy atom. The fourth-order valence-electron chi connectivity index (χ4n) is 4.87. The molecule has 0 unspecified atom stereocenters. The first-order chi connectivity index (χ1) is 20.1. The summed E-state index contributed by atoms with van der Waals surface area (Å²) in [5.41, 5.74) is 11.2. The smallest absolute Gasteiger partial charge is 0.247 e. The van der Waals surface area contributed by atoms with Crippen LogP contribution in [0.5, 0.6) is 0 Å². The molecule has 0 spiro atoms. The van der Waals surface area contributed by atoms with E-state index >= 15 is 0 Å². The Morgan fingerprint density at radius 2 is 1.66 bits per heavy atom. The van der Waals surface area contributed by atoms with Crippen molar-refractivity contribution in [3.63, 3.8) is 0 Å². The van der Waals surface area contributed by atoms with E-state index in [0.717, 1.165) is 24.1 Å². The molecule has 3 aromatic carbocycles. The molecule has 1 aliphatic heterocycles. The number of nitrogens with zero attached hydrogens (tertiary/aromatic N) is 4. The van der Waals surface area contributed by atoms with E-state index in [1.54, 1.807) is 16.0 Å². The predicted octanol–water partition coefficient (Wildman–Crippen LogP) is 4.26. The molecule has 41 heavy (non-hydrogen) atoms. The number of amidine groups is 1. The molecule has 0 radical (unpaired) electrons. The van der Waals surface area contributed by atoms with Gasteiger partial charge in [0.15, 0.2) is 0 Å². The van der Waals surface area contributed by atoms with Gasteiger partial charge in [0.05, 0.1) is 23.6 Å². The van der Waals surface area contributed by atoms with Crippen LogP contribution in [0.4, 0.5) is 17.1 Å². The van der Waals surface area contributed by atoms with Gasteiger partial charge in [-0.1, -0.05) is 66.7 Å². The quantitative estimate of drug-likeness (QED) is 0.166. The maximum absolute atomic E-state index is 13.4. The minimum atomic E-state index is -0.166. The van der Waals surface area contributed by atoms with Crippen molar-refractivity contribution >= 4 is 34.7 Å². The minimum absolute atomic E-state index is 0.0406. The molecule has 1 aliphatic rings. The lowest BCUT2D eigenvalue weighted by molar-refractivity contribution is -0.122. The molecular weight excluding hydrogens is 512 g/mol. The molecule has 0 fully saturated rings. The molecule has 0 saturated carbocycles. The van der Waals surface area contributed by atoms with Gasteiger partial charge in [0.2, 0.25) is 11.8 Å². The summed E-state index contributed by atoms with van der Waals surface area (Å²) in [4.78, 5) is 39.0. The normalized spacial score (nSPS) is 13.3. The second-order valence-electron chi connectivity index (χ2n) is 9.90. The van der Waals surface area contributed by atoms with Crippen LogP contribution in [0.15, 0.2) is 108 Å². The zero-order valence-corrected chi connectivity index (χ0v) is 22.9. The van der Waals surface area contributed by atoms with Crippen LogP contribution in [0.25, 0.3) is 0 Å². The monoisotopic (exact) mass is 546 g/mol. The number of anilines is 2. The third-order valence-electron chi connectivity index (χ3n) is 7.01. The van der Waals surface area contributed by atoms with Crippen molar-refractivity contribution < 1.29 is 9.59 Å². The average molecular weight is 547 g/mol. The summed E-state index contributed by atoms with van der Waals surface area (Å²) in [6, 6.07) is 31.0. The molecule has 8 nitrogen and oxygen atoms in total. The van der Waals surface area contributed by atoms with Gasteiger partial charge in [-0.15, -0.1) is 0 Å². The molecule has 8 heteroatoms. The highest BCUT2D eigenvalue weighted by Crippen LogP contribution is 2.37. The summed E-state index contributed by atoms with van der Waals surface area (Å²) in [7, 11) is 0. The Morgan fingerprint density at radius 3 is 2.41 bits per heavy atom. The summed E-state index contributed by atoms with van der Waals surface area (Å²) in [6.45, 7) is 1.25. The van der Waals surface area contributed by atoms with Crippen LogP contribution >= 0.6 is 0 Å². The number of hydrogen-bond donors (Lipinski definition) is 2. The van der Waals surface area contributed by atoms with E-state index in [0.29, 0.717) is 42.4 Å². The maximum atomic E-state index is 13.4. The van der Waals surface area contributed by atoms with Crippen LogP contribution in [0.3, 0.4) is 0 Å². The highest BCUT2D eigenvalue weighted by Gasteiger charge is 2.32. The summed E-state index contributed by atoms with van der Waals surface area (Å²) < 4.78 is 0. The molecule has 2 heterocycles. The van der Waals surface area contributed by atoms with E-state index in [2.05, 4.69) is 27.4 Å². The fourth-order valence-corrected chi connectivity index (χ4v) is 4.87. The van der Waals surface area contributed by atoms with E-state index in [1.807, 2.05) is 84.9 Å². The lowest BCUT2D eigenvalue weighted by Gasteiger charge is -2.36. The fraction of sp³-hybridized carbons (Fsp3) is 0.212. The molecule has 0 saturated heterocycles. The van der Waals surface area contributed by atoms with Crippen LogP contribution in [-0.2, 0) is 22.4 Å². The van der Waals surface area contributed by atoms with Gasteiger partial charge in [-0.25, -0.2) is 4.99 Å². The molecule has 4 aromatic rings. The Bertz CT molecular complexity index is 1490. The lowest BCUT2D eigenvalue weighted by atomic mass is 10.1. The Balaban J connectivity index is 1.33. The molecule has 3 N–H and O–H groups in total. The third-order valence-corrected chi connectivity index (χ3v) is 7.01. The summed E-state index contributed by atoms with van der Waals surface area (Å²) in [5, 5.41) is 3.25. The number of carbonyl (C=O) groups is 2. The third kappa shape index (κ3) is 7.23. The molecule has 2 amide bonds. The molecule has 0 atom stereocenters. The van der Waals surface area contributed by atoms with Crippen molar-refractivity contribution in [1.82, 2.24) is 10.3 Å². The van der Waals surface area contributed by atoms with E-state index < -0.39 is 0 Å². The van der Waals surface area contributed by atoms with Gasteiger partial charge in [-0.05, 0) is 55.3 Å². The largest absolute Gasteiger partial charge is 0.383 e. The number of aromatic nitrogens is 1. The number of nitrogens with two attached hydrogens (primary N) is 1. The number of amides is 2. The number of aryl methyl sites for hydroxylation is 1. The van der Waals surface area contributed by atoms with Gasteiger partial charge in [0.1, 0.15) is 12.4 Å². The Hall–Kier alpha value is -4.82. The van der Waals surface area contributed by atoms with Gasteiger partial charge in [0.25, 0.3) is 0 Å². The topological polar surface area (TPSA) is 104 Å². The summed E-state index contributed by atoms with van der Waals surface area (Å²) >= 11 is 0. The second-order valence-corrected chi connectivity index (χ2v) is 9.90. The zero-order valence-electron chi connectivity index (χ0n) is 22.9. The van der Waals surface area contributed by atoms with Gasteiger partial charge in [-0.3, -0.25) is 19.5 Å². The minimum Gasteiger partial charge on any atom is -0.383 e. The van der Waals surface area contributed by atoms with Crippen molar-refractivity contribution in [3.8, 4) is 0 Å². The average Bonchev–Trinajstić information content (AvgIpc) is 3.01. The van der Waals surface area contributed by atoms with Crippen LogP contribution in [-0.4, -0.2) is 48.8 Å². The highest BCUT2D eigenvalue weighted by atomic mass is 16.2. The SMILES string of the molecule is NC(=Nc1ccc2c(c1)N(C(=O)CNCCCc1ccccc1)CC(=O)N2CCc1ccccn1)c1ccccc1. The first kappa shape index (κ1) is 27.7. The zero-order chi connectivity index (χ0) is 28.4. The van der Waals surface area contributed by atoms with Gasteiger partial charge in [0, 0.05) is 30.4 Å². The number of rotatable bonds is 11. The van der Waals surface area contributed by atoms with Gasteiger partial charge in [-0.2, -0.15) is 0 Å². The standard InChI is InChI=1S/C33H34N6O2/c34-33(26-13-5-2-6-14-26)37-28-16-17-29-30(22-28)39(24-32(41)38(29)21-18-27-15-7-8-20-36-27)31(40)23-35-19-9-12-25-10-3-1-4-11-25/h1-8,10-11,13-17,20,22,35H,9,12,18-19,21,23-24H2,(H2,34,37). The maximum Gasteiger partial charge on any atom is 0.247 e. The van der Waals surface area contributed by atoms with E-state index in [4.69, 9.17) is 5.73 Å². The van der Waals surface area contributed by atoms with Crippen molar-refractivity contribution in [2.45, 2.75) is 19.3 Å². The van der Waals surface area contributed by atoms with Crippen LogP contribution in [0.1, 0.15) is 23.2 Å². The number of hydrogen-bond acceptors (Lipinski definition) is 5. The number of fused-ring (bicyclic) bond motifs is 1. The molecule has 1 aromatic heterocycles. The molecule has 0 bridgehead atoms. The number of nitrogens with one attached hydrogen (secondary N) is 1. The molecule has 208 valence electrons. The lowest BCUT2D eigenvalue weighted by Crippen LogP contribution is -2.50. The molecule has 5 rings (SSSR count).